The third-order valence-electron chi connectivity index (χ3n) is 5.07. The molecular weight excluding hydrogens is 386 g/mol. The molecule has 0 bridgehead atoms. The number of nitrogens with one attached hydrogen (secondary N) is 1. The van der Waals surface area contributed by atoms with E-state index in [2.05, 4.69) is 42.6 Å². The Morgan fingerprint density at radius 3 is 2.83 bits per heavy atom. The van der Waals surface area contributed by atoms with E-state index < -0.39 is 0 Å². The number of carbonyl (C=O) groups excluding carboxylic acids is 1. The molecule has 29 heavy (non-hydrogen) atoms. The molecule has 0 saturated carbocycles. The molecule has 0 unspecified atom stereocenters. The lowest BCUT2D eigenvalue weighted by molar-refractivity contribution is -0.122. The predicted octanol–water partition coefficient (Wildman–Crippen LogP) is 2.28. The lowest BCUT2D eigenvalue weighted by atomic mass is 10.1. The molecule has 1 N–H and O–H groups in total. The van der Waals surface area contributed by atoms with Crippen LogP contribution in [0.1, 0.15) is 11.1 Å². The fourth-order valence-electron chi connectivity index (χ4n) is 3.60. The number of amides is 1. The van der Waals surface area contributed by atoms with E-state index in [0.29, 0.717) is 19.7 Å². The summed E-state index contributed by atoms with van der Waals surface area (Å²) in [4.78, 5) is 26.7. The van der Waals surface area contributed by atoms with Crippen LogP contribution in [0.25, 0.3) is 10.2 Å². The molecule has 0 spiro atoms. The molecule has 1 aliphatic rings. The lowest BCUT2D eigenvalue weighted by Gasteiger charge is -2.35. The van der Waals surface area contributed by atoms with E-state index in [0.717, 1.165) is 53.3 Å². The Morgan fingerprint density at radius 1 is 1.17 bits per heavy atom. The van der Waals surface area contributed by atoms with E-state index in [9.17, 15) is 4.79 Å². The van der Waals surface area contributed by atoms with Crippen molar-refractivity contribution in [1.82, 2.24) is 20.2 Å². The number of piperazine rings is 1. The van der Waals surface area contributed by atoms with Crippen molar-refractivity contribution in [1.29, 1.82) is 0 Å². The zero-order valence-electron chi connectivity index (χ0n) is 16.5. The fraction of sp³-hybridized carbons (Fsp3) is 0.381. The Morgan fingerprint density at radius 2 is 2.00 bits per heavy atom. The SMILES string of the molecule is COCc1cccc(CNC(=O)CN2CCN(c3ncnc4sccc34)CC2)c1. The molecule has 152 valence electrons. The number of rotatable bonds is 7. The topological polar surface area (TPSA) is 70.6 Å². The van der Waals surface area contributed by atoms with Gasteiger partial charge in [0.25, 0.3) is 0 Å². The normalized spacial score (nSPS) is 15.0. The molecule has 2 aromatic heterocycles. The third-order valence-corrected chi connectivity index (χ3v) is 5.89. The molecule has 8 heteroatoms. The number of methoxy groups -OCH3 is 1. The molecule has 1 aromatic carbocycles. The average molecular weight is 412 g/mol. The van der Waals surface area contributed by atoms with Crippen molar-refractivity contribution in [3.63, 3.8) is 0 Å². The van der Waals surface area contributed by atoms with Gasteiger partial charge in [-0.15, -0.1) is 11.3 Å². The summed E-state index contributed by atoms with van der Waals surface area (Å²) in [5.41, 5.74) is 2.20. The molecule has 4 rings (SSSR count). The number of nitrogens with zero attached hydrogens (tertiary/aromatic N) is 4. The maximum Gasteiger partial charge on any atom is 0.234 e. The van der Waals surface area contributed by atoms with E-state index in [-0.39, 0.29) is 5.91 Å². The summed E-state index contributed by atoms with van der Waals surface area (Å²) in [6.07, 6.45) is 1.63. The van der Waals surface area contributed by atoms with Gasteiger partial charge in [0.1, 0.15) is 17.0 Å². The van der Waals surface area contributed by atoms with Gasteiger partial charge in [0.05, 0.1) is 18.5 Å². The summed E-state index contributed by atoms with van der Waals surface area (Å²) < 4.78 is 5.16. The highest BCUT2D eigenvalue weighted by molar-refractivity contribution is 7.16. The Hall–Kier alpha value is -2.55. The van der Waals surface area contributed by atoms with Gasteiger partial charge in [-0.2, -0.15) is 0 Å². The van der Waals surface area contributed by atoms with Crippen molar-refractivity contribution in [3.05, 3.63) is 53.2 Å². The molecule has 3 heterocycles. The minimum absolute atomic E-state index is 0.0536. The number of benzene rings is 1. The summed E-state index contributed by atoms with van der Waals surface area (Å²) in [6.45, 7) is 4.92. The minimum atomic E-state index is 0.0536. The average Bonchev–Trinajstić information content (AvgIpc) is 3.22. The zero-order valence-corrected chi connectivity index (χ0v) is 17.3. The maximum atomic E-state index is 12.4. The molecule has 0 atom stereocenters. The van der Waals surface area contributed by atoms with E-state index in [4.69, 9.17) is 4.74 Å². The zero-order chi connectivity index (χ0) is 20.1. The molecule has 1 aliphatic heterocycles. The highest BCUT2D eigenvalue weighted by atomic mass is 32.1. The van der Waals surface area contributed by atoms with Gasteiger partial charge in [0, 0.05) is 39.8 Å². The van der Waals surface area contributed by atoms with Crippen LogP contribution in [0, 0.1) is 0 Å². The van der Waals surface area contributed by atoms with Crippen LogP contribution in [0.5, 0.6) is 0 Å². The number of thiophene rings is 1. The summed E-state index contributed by atoms with van der Waals surface area (Å²) >= 11 is 1.63. The Labute approximate surface area is 174 Å². The summed E-state index contributed by atoms with van der Waals surface area (Å²) in [5, 5.41) is 6.19. The van der Waals surface area contributed by atoms with E-state index in [1.165, 1.54) is 0 Å². The first-order chi connectivity index (χ1) is 14.2. The van der Waals surface area contributed by atoms with Crippen LogP contribution >= 0.6 is 11.3 Å². The standard InChI is InChI=1S/C21H25N5O2S/c1-28-14-17-4-2-3-16(11-17)12-22-19(27)13-25-6-8-26(9-7-25)20-18-5-10-29-21(18)24-15-23-20/h2-5,10-11,15H,6-9,12-14H2,1H3,(H,22,27). The third kappa shape index (κ3) is 4.90. The van der Waals surface area contributed by atoms with Gasteiger partial charge in [0.15, 0.2) is 0 Å². The van der Waals surface area contributed by atoms with Gasteiger partial charge in [-0.25, -0.2) is 9.97 Å². The molecule has 3 aromatic rings. The van der Waals surface area contributed by atoms with Crippen LogP contribution in [0.2, 0.25) is 0 Å². The second-order valence-electron chi connectivity index (χ2n) is 7.13. The highest BCUT2D eigenvalue weighted by Gasteiger charge is 2.21. The first-order valence-electron chi connectivity index (χ1n) is 9.72. The highest BCUT2D eigenvalue weighted by Crippen LogP contribution is 2.27. The van der Waals surface area contributed by atoms with Gasteiger partial charge < -0.3 is 15.0 Å². The second-order valence-corrected chi connectivity index (χ2v) is 8.02. The van der Waals surface area contributed by atoms with Crippen molar-refractivity contribution in [2.24, 2.45) is 0 Å². The number of aromatic nitrogens is 2. The number of carbonyl (C=O) groups is 1. The summed E-state index contributed by atoms with van der Waals surface area (Å²) in [6, 6.07) is 10.2. The number of anilines is 1. The van der Waals surface area contributed by atoms with Crippen LogP contribution in [-0.4, -0.2) is 60.6 Å². The van der Waals surface area contributed by atoms with Crippen LogP contribution in [0.15, 0.2) is 42.0 Å². The van der Waals surface area contributed by atoms with Crippen LogP contribution in [0.3, 0.4) is 0 Å². The van der Waals surface area contributed by atoms with Gasteiger partial charge in [-0.05, 0) is 22.6 Å². The smallest absolute Gasteiger partial charge is 0.234 e. The quantitative estimate of drug-likeness (QED) is 0.643. The van der Waals surface area contributed by atoms with Gasteiger partial charge in [-0.3, -0.25) is 9.69 Å². The Kier molecular flexibility index (Phi) is 6.33. The van der Waals surface area contributed by atoms with Crippen molar-refractivity contribution in [2.45, 2.75) is 13.2 Å². The Balaban J connectivity index is 1.26. The molecule has 7 nitrogen and oxygen atoms in total. The summed E-state index contributed by atoms with van der Waals surface area (Å²) in [5.74, 6) is 1.05. The van der Waals surface area contributed by atoms with Crippen molar-refractivity contribution < 1.29 is 9.53 Å². The monoisotopic (exact) mass is 411 g/mol. The molecular formula is C21H25N5O2S. The number of hydrogen-bond acceptors (Lipinski definition) is 7. The largest absolute Gasteiger partial charge is 0.380 e. The minimum Gasteiger partial charge on any atom is -0.380 e. The molecule has 0 radical (unpaired) electrons. The first kappa shape index (κ1) is 19.8. The molecule has 1 fully saturated rings. The van der Waals surface area contributed by atoms with Gasteiger partial charge >= 0.3 is 0 Å². The van der Waals surface area contributed by atoms with E-state index >= 15 is 0 Å². The maximum absolute atomic E-state index is 12.4. The second kappa shape index (κ2) is 9.30. The molecule has 1 saturated heterocycles. The Bertz CT molecular complexity index is 968. The number of fused-ring (bicyclic) bond motifs is 1. The predicted molar refractivity (Wildman–Crippen MR) is 115 cm³/mol. The van der Waals surface area contributed by atoms with Gasteiger partial charge in [-0.1, -0.05) is 24.3 Å². The van der Waals surface area contributed by atoms with Crippen molar-refractivity contribution in [2.75, 3.05) is 44.7 Å². The van der Waals surface area contributed by atoms with Crippen LogP contribution in [-0.2, 0) is 22.7 Å². The lowest BCUT2D eigenvalue weighted by Crippen LogP contribution is -2.49. The number of hydrogen-bond donors (Lipinski definition) is 1. The van der Waals surface area contributed by atoms with Crippen molar-refractivity contribution >= 4 is 33.3 Å². The number of ether oxygens (including phenoxy) is 1. The molecule has 1 amide bonds. The van der Waals surface area contributed by atoms with Crippen molar-refractivity contribution in [3.8, 4) is 0 Å². The summed E-state index contributed by atoms with van der Waals surface area (Å²) in [7, 11) is 1.68. The molecule has 0 aliphatic carbocycles. The van der Waals surface area contributed by atoms with Crippen LogP contribution in [0.4, 0.5) is 5.82 Å². The van der Waals surface area contributed by atoms with E-state index in [1.54, 1.807) is 24.8 Å². The van der Waals surface area contributed by atoms with E-state index in [1.807, 2.05) is 18.2 Å². The fourth-order valence-corrected chi connectivity index (χ4v) is 4.33. The first-order valence-corrected chi connectivity index (χ1v) is 10.6. The van der Waals surface area contributed by atoms with Gasteiger partial charge in [0.2, 0.25) is 5.91 Å². The van der Waals surface area contributed by atoms with Crippen LogP contribution < -0.4 is 10.2 Å².